The second kappa shape index (κ2) is 8.88. The normalized spacial score (nSPS) is 26.1. The van der Waals surface area contributed by atoms with E-state index in [-0.39, 0.29) is 12.0 Å². The molecule has 2 aromatic rings. The zero-order chi connectivity index (χ0) is 19.5. The van der Waals surface area contributed by atoms with Crippen LogP contribution < -0.4 is 4.74 Å². The molecular formula is C22H29EsN3O3. The zero-order valence-corrected chi connectivity index (χ0v) is 19.2. The fourth-order valence-corrected chi connectivity index (χ4v) is 4.74. The molecule has 1 aliphatic carbocycles. The van der Waals surface area contributed by atoms with Crippen LogP contribution in [0.15, 0.2) is 35.5 Å². The Morgan fingerprint density at radius 3 is 2.66 bits per heavy atom. The van der Waals surface area contributed by atoms with Crippen molar-refractivity contribution >= 4 is 16.6 Å². The van der Waals surface area contributed by atoms with Crippen molar-refractivity contribution in [2.45, 2.75) is 50.7 Å². The maximum atomic E-state index is 9.82. The van der Waals surface area contributed by atoms with E-state index in [9.17, 15) is 10.3 Å². The molecule has 7 heteroatoms. The van der Waals surface area contributed by atoms with Gasteiger partial charge in [-0.25, -0.2) is 4.98 Å². The van der Waals surface area contributed by atoms with Crippen LogP contribution in [0.1, 0.15) is 44.1 Å². The number of oxime groups is 1. The van der Waals surface area contributed by atoms with E-state index in [4.69, 9.17) is 4.74 Å². The van der Waals surface area contributed by atoms with E-state index in [1.54, 1.807) is 7.11 Å². The number of likely N-dealkylation sites (tertiary alicyclic amines) is 1. The maximum absolute atomic E-state index is 9.82. The van der Waals surface area contributed by atoms with Gasteiger partial charge in [0.1, 0.15) is 0 Å². The molecule has 1 saturated carbocycles. The van der Waals surface area contributed by atoms with Gasteiger partial charge in [0, 0.05) is 35.5 Å². The summed E-state index contributed by atoms with van der Waals surface area (Å²) in [6, 6.07) is 10.4. The van der Waals surface area contributed by atoms with Gasteiger partial charge < -0.3 is 15.1 Å². The van der Waals surface area contributed by atoms with Crippen molar-refractivity contribution in [2.75, 3.05) is 20.2 Å². The smallest absolute Gasteiger partial charge is 0.213 e. The average molecular weight is 635 g/mol. The molecule has 0 amide bonds. The number of ether oxygens (including phenoxy) is 1. The molecule has 4 rings (SSSR count). The predicted octanol–water partition coefficient (Wildman–Crippen LogP) is 3.44. The molecule has 1 saturated heterocycles. The Kier molecular flexibility index (Phi) is 6.29. The van der Waals surface area contributed by atoms with Gasteiger partial charge in [-0.1, -0.05) is 11.2 Å². The number of hydrogen-bond donors (Lipinski definition) is 2. The summed E-state index contributed by atoms with van der Waals surface area (Å²) < 4.78 is 5.20. The van der Waals surface area contributed by atoms with Gasteiger partial charge in [0.05, 0.1) is 24.4 Å². The van der Waals surface area contributed by atoms with Crippen LogP contribution in [0.3, 0.4) is 0 Å². The summed E-state index contributed by atoms with van der Waals surface area (Å²) in [6.45, 7) is 2.01. The number of nitrogens with zero attached hydrogens (tertiary/aromatic N) is 3. The van der Waals surface area contributed by atoms with Crippen LogP contribution in [-0.2, 0) is 0 Å². The topological polar surface area (TPSA) is 78.2 Å². The van der Waals surface area contributed by atoms with E-state index in [2.05, 4.69) is 15.0 Å². The average Bonchev–Trinajstić information content (AvgIpc) is 2.74. The number of rotatable bonds is 4. The van der Waals surface area contributed by atoms with E-state index < -0.39 is 0 Å². The molecule has 1 aromatic heterocycles. The van der Waals surface area contributed by atoms with Crippen molar-refractivity contribution in [3.05, 3.63) is 35.9 Å². The van der Waals surface area contributed by atoms with Crippen molar-refractivity contribution in [3.63, 3.8) is 0 Å². The van der Waals surface area contributed by atoms with Gasteiger partial charge in [0.15, 0.2) is 0 Å². The predicted molar refractivity (Wildman–Crippen MR) is 109 cm³/mol. The van der Waals surface area contributed by atoms with Gasteiger partial charge >= 0.3 is 0 Å². The third-order valence-electron chi connectivity index (χ3n) is 6.30. The first-order valence-electron chi connectivity index (χ1n) is 10.3. The van der Waals surface area contributed by atoms with Crippen LogP contribution in [0.25, 0.3) is 10.9 Å². The molecule has 0 spiro atoms. The maximum Gasteiger partial charge on any atom is 0.213 e. The Morgan fingerprint density at radius 2 is 1.93 bits per heavy atom. The summed E-state index contributed by atoms with van der Waals surface area (Å²) in [5, 5.41) is 24.3. The number of piperidine rings is 1. The fraction of sp³-hybridized carbons (Fsp3) is 0.545. The van der Waals surface area contributed by atoms with Gasteiger partial charge in [0.2, 0.25) is 5.88 Å². The third kappa shape index (κ3) is 4.30. The van der Waals surface area contributed by atoms with Crippen molar-refractivity contribution in [3.8, 4) is 5.88 Å². The summed E-state index contributed by atoms with van der Waals surface area (Å²) in [7, 11) is 1.61. The quantitative estimate of drug-likeness (QED) is 0.306. The van der Waals surface area contributed by atoms with Crippen LogP contribution in [-0.4, -0.2) is 58.3 Å². The summed E-state index contributed by atoms with van der Waals surface area (Å²) >= 11 is 0. The molecule has 2 fully saturated rings. The third-order valence-corrected chi connectivity index (χ3v) is 6.30. The van der Waals surface area contributed by atoms with Crippen molar-refractivity contribution < 1.29 is 15.1 Å². The number of benzene rings is 1. The Hall–Kier alpha value is -3.18. The minimum atomic E-state index is -0.128. The number of pyridine rings is 1. The monoisotopic (exact) mass is 635 g/mol. The number of aliphatic hydroxyl groups is 1. The van der Waals surface area contributed by atoms with Crippen LogP contribution in [0.4, 0.5) is 0 Å². The minimum absolute atomic E-state index is 0. The minimum Gasteiger partial charge on any atom is -0.481 e. The first kappa shape index (κ1) is 20.6. The molecule has 2 heterocycles. The van der Waals surface area contributed by atoms with Gasteiger partial charge in [-0.3, -0.25) is 4.90 Å². The van der Waals surface area contributed by atoms with Crippen LogP contribution in [0.5, 0.6) is 5.88 Å². The second-order valence-corrected chi connectivity index (χ2v) is 8.04. The molecule has 1 aliphatic heterocycles. The second-order valence-electron chi connectivity index (χ2n) is 8.04. The van der Waals surface area contributed by atoms with Gasteiger partial charge in [0.25, 0.3) is 0 Å². The molecule has 1 unspecified atom stereocenters. The number of fused-ring (bicyclic) bond motifs is 1. The summed E-state index contributed by atoms with van der Waals surface area (Å²) in [5.74, 6) is 0.811. The van der Waals surface area contributed by atoms with Crippen LogP contribution in [0, 0.1) is 5.92 Å². The summed E-state index contributed by atoms with van der Waals surface area (Å²) in [5.41, 5.74) is 2.58. The van der Waals surface area contributed by atoms with E-state index in [0.717, 1.165) is 73.8 Å². The number of aromatic nitrogens is 1. The van der Waals surface area contributed by atoms with Crippen LogP contribution in [0.2, 0.25) is 0 Å². The number of methoxy groups -OCH3 is 1. The first-order chi connectivity index (χ1) is 13.7. The van der Waals surface area contributed by atoms with Gasteiger partial charge in [-0.2, -0.15) is 0 Å². The molecule has 0 bridgehead atoms. The molecular weight excluding hydrogens is 606 g/mol. The van der Waals surface area contributed by atoms with Crippen molar-refractivity contribution in [1.29, 1.82) is 0 Å². The van der Waals surface area contributed by atoms with Gasteiger partial charge in [-0.05, 0) is 63.3 Å². The molecule has 1 radical (unpaired) electrons. The summed E-state index contributed by atoms with van der Waals surface area (Å²) in [4.78, 5) is 7.00. The Labute approximate surface area is 165 Å². The van der Waals surface area contributed by atoms with Crippen molar-refractivity contribution in [2.24, 2.45) is 11.1 Å². The van der Waals surface area contributed by atoms with E-state index in [1.807, 2.05) is 30.3 Å². The zero-order valence-electron chi connectivity index (χ0n) is 16.7. The molecule has 1 atom stereocenters. The Morgan fingerprint density at radius 1 is 1.14 bits per heavy atom. The molecule has 29 heavy (non-hydrogen) atoms. The molecule has 2 aliphatic rings. The molecule has 6 nitrogen and oxygen atoms in total. The Balaban J connectivity index is 0.00000240. The first-order valence-corrected chi connectivity index (χ1v) is 10.3. The van der Waals surface area contributed by atoms with E-state index in [0.29, 0.717) is 11.9 Å². The largest absolute Gasteiger partial charge is 0.481 e. The molecule has 161 valence electrons. The fourth-order valence-electron chi connectivity index (χ4n) is 4.74. The Bertz CT molecular complexity index is 852. The van der Waals surface area contributed by atoms with E-state index in [1.165, 1.54) is 0 Å². The standard InChI is InChI=1S/C22H29N3O3.Es/c1-28-21-11-5-15-13-16(4-10-20(15)23-21)22(24-27)17-3-2-12-25(14-17)18-6-8-19(26)9-7-18;/h4-5,10-11,13,17-19,26-27H,2-3,6-9,12,14H2,1H3;/b24-22-;. The van der Waals surface area contributed by atoms with E-state index >= 15 is 0 Å². The number of aliphatic hydroxyl groups excluding tert-OH is 1. The summed E-state index contributed by atoms with van der Waals surface area (Å²) in [6.07, 6.45) is 5.92. The van der Waals surface area contributed by atoms with Crippen LogP contribution >= 0.6 is 0 Å². The van der Waals surface area contributed by atoms with Gasteiger partial charge in [-0.15, -0.1) is 0 Å². The number of hydrogen-bond acceptors (Lipinski definition) is 6. The molecule has 1 aromatic carbocycles. The van der Waals surface area contributed by atoms with Crippen molar-refractivity contribution in [1.82, 2.24) is 9.88 Å². The SMILES string of the molecule is COc1ccc2cc(/C(=N/O)C3CCCN(C4CCC(O)CC4)C3)ccc2n1.[Es]. The molecule has 2 N–H and O–H groups in total.